The number of hydrogen-bond donors (Lipinski definition) is 3. The van der Waals surface area contributed by atoms with E-state index in [1.807, 2.05) is 18.2 Å². The highest BCUT2D eigenvalue weighted by atomic mass is 16.3. The maximum atomic E-state index is 9.85. The van der Waals surface area contributed by atoms with Crippen LogP contribution in [0.15, 0.2) is 68.9 Å². The van der Waals surface area contributed by atoms with Crippen LogP contribution in [0.2, 0.25) is 0 Å². The Labute approximate surface area is 113 Å². The molecule has 0 aliphatic carbocycles. The van der Waals surface area contributed by atoms with E-state index in [-0.39, 0.29) is 5.88 Å². The Balaban J connectivity index is 1.98. The van der Waals surface area contributed by atoms with Crippen molar-refractivity contribution in [2.24, 2.45) is 26.2 Å². The molecule has 2 heterocycles. The van der Waals surface area contributed by atoms with E-state index in [1.165, 1.54) is 0 Å². The van der Waals surface area contributed by atoms with Crippen LogP contribution >= 0.6 is 0 Å². The number of hydrogen-bond acceptors (Lipinski definition) is 7. The van der Waals surface area contributed by atoms with E-state index in [0.717, 1.165) is 0 Å². The summed E-state index contributed by atoms with van der Waals surface area (Å²) in [7, 11) is 0. The van der Waals surface area contributed by atoms with Gasteiger partial charge in [0.2, 0.25) is 5.88 Å². The van der Waals surface area contributed by atoms with Gasteiger partial charge in [-0.15, -0.1) is 20.5 Å². The zero-order chi connectivity index (χ0) is 14.0. The van der Waals surface area contributed by atoms with E-state index < -0.39 is 5.79 Å². The quantitative estimate of drug-likeness (QED) is 0.741. The highest BCUT2D eigenvalue weighted by Crippen LogP contribution is 2.36. The smallest absolute Gasteiger partial charge is 0.273 e. The molecular weight excluding hydrogens is 258 g/mol. The molecule has 0 unspecified atom stereocenters. The van der Waals surface area contributed by atoms with Gasteiger partial charge < -0.3 is 5.11 Å². The maximum Gasteiger partial charge on any atom is 0.273 e. The summed E-state index contributed by atoms with van der Waals surface area (Å²) < 4.78 is 0. The van der Waals surface area contributed by atoms with Gasteiger partial charge in [-0.3, -0.25) is 10.8 Å². The van der Waals surface area contributed by atoms with Gasteiger partial charge in [0, 0.05) is 6.07 Å². The molecule has 3 rings (SSSR count). The molecular formula is C12H11N7O. The summed E-state index contributed by atoms with van der Waals surface area (Å²) >= 11 is 0. The van der Waals surface area contributed by atoms with Gasteiger partial charge in [-0.2, -0.15) is 5.10 Å². The molecule has 0 saturated carbocycles. The van der Waals surface area contributed by atoms with Crippen LogP contribution < -0.4 is 5.73 Å². The van der Waals surface area contributed by atoms with Gasteiger partial charge in [0.05, 0.1) is 11.8 Å². The lowest BCUT2D eigenvalue weighted by molar-refractivity contribution is 0.408. The van der Waals surface area contributed by atoms with Gasteiger partial charge in [0.25, 0.3) is 5.79 Å². The second-order valence-electron chi connectivity index (χ2n) is 4.13. The summed E-state index contributed by atoms with van der Waals surface area (Å²) in [5.74, 6) is -1.37. The summed E-state index contributed by atoms with van der Waals surface area (Å²) in [4.78, 5) is 0. The van der Waals surface area contributed by atoms with E-state index in [2.05, 4.69) is 30.7 Å². The van der Waals surface area contributed by atoms with E-state index in [9.17, 15) is 5.11 Å². The molecule has 4 N–H and O–H groups in total. The number of aliphatic hydroxyl groups is 1. The molecule has 1 aliphatic heterocycles. The van der Waals surface area contributed by atoms with Crippen LogP contribution in [0, 0.1) is 0 Å². The molecule has 8 nitrogen and oxygen atoms in total. The van der Waals surface area contributed by atoms with Crippen molar-refractivity contribution in [2.45, 2.75) is 5.79 Å². The summed E-state index contributed by atoms with van der Waals surface area (Å²) in [6.07, 6.45) is 1.54. The van der Waals surface area contributed by atoms with E-state index >= 15 is 0 Å². The Morgan fingerprint density at radius 1 is 1.20 bits per heavy atom. The summed E-state index contributed by atoms with van der Waals surface area (Å²) in [6, 6.07) is 10.7. The highest BCUT2D eigenvalue weighted by Gasteiger charge is 2.39. The van der Waals surface area contributed by atoms with Crippen molar-refractivity contribution in [2.75, 3.05) is 0 Å². The number of benzene rings is 1. The third kappa shape index (κ3) is 2.08. The van der Waals surface area contributed by atoms with E-state index in [4.69, 9.17) is 5.73 Å². The molecule has 1 aromatic carbocycles. The molecule has 0 radical (unpaired) electrons. The van der Waals surface area contributed by atoms with Crippen LogP contribution in [0.1, 0.15) is 5.56 Å². The Bertz CT molecular complexity index is 690. The largest absolute Gasteiger partial charge is 0.492 e. The second-order valence-corrected chi connectivity index (χ2v) is 4.13. The Morgan fingerprint density at radius 3 is 2.70 bits per heavy atom. The van der Waals surface area contributed by atoms with E-state index in [1.54, 1.807) is 24.4 Å². The third-order valence-electron chi connectivity index (χ3n) is 2.75. The zero-order valence-electron chi connectivity index (χ0n) is 10.3. The molecule has 1 aliphatic rings. The zero-order valence-corrected chi connectivity index (χ0v) is 10.3. The first kappa shape index (κ1) is 12.2. The number of azo groups is 2. The Hall–Kier alpha value is -2.87. The minimum Gasteiger partial charge on any atom is -0.492 e. The van der Waals surface area contributed by atoms with Crippen LogP contribution in [0.4, 0.5) is 5.82 Å². The number of nitrogens with one attached hydrogen (secondary N) is 1. The normalized spacial score (nSPS) is 22.1. The predicted octanol–water partition coefficient (Wildman–Crippen LogP) is 2.50. The van der Waals surface area contributed by atoms with Gasteiger partial charge in [0.15, 0.2) is 5.82 Å². The monoisotopic (exact) mass is 269 g/mol. The van der Waals surface area contributed by atoms with Gasteiger partial charge in [0.1, 0.15) is 0 Å². The lowest BCUT2D eigenvalue weighted by Crippen LogP contribution is -2.34. The predicted molar refractivity (Wildman–Crippen MR) is 70.9 cm³/mol. The number of aliphatic hydroxyl groups excluding tert-OH is 1. The van der Waals surface area contributed by atoms with Crippen molar-refractivity contribution >= 4 is 11.4 Å². The molecule has 8 heteroatoms. The van der Waals surface area contributed by atoms with Gasteiger partial charge in [-0.1, -0.05) is 30.3 Å². The number of nitrogens with zero attached hydrogens (tertiary/aromatic N) is 5. The molecule has 0 bridgehead atoms. The minimum atomic E-state index is -1.55. The van der Waals surface area contributed by atoms with Crippen molar-refractivity contribution in [1.82, 2.24) is 10.2 Å². The average Bonchev–Trinajstić information content (AvgIpc) is 3.07. The van der Waals surface area contributed by atoms with Crippen LogP contribution in [0.5, 0.6) is 0 Å². The molecule has 20 heavy (non-hydrogen) atoms. The van der Waals surface area contributed by atoms with Crippen LogP contribution in [-0.2, 0) is 0 Å². The Kier molecular flexibility index (Phi) is 2.84. The lowest BCUT2D eigenvalue weighted by Gasteiger charge is -2.16. The fraction of sp³-hybridized carbons (Fsp3) is 0.0833. The van der Waals surface area contributed by atoms with Crippen molar-refractivity contribution in [1.29, 1.82) is 0 Å². The Morgan fingerprint density at radius 2 is 2.00 bits per heavy atom. The molecule has 2 aromatic rings. The summed E-state index contributed by atoms with van der Waals surface area (Å²) in [6.45, 7) is 0. The molecule has 0 fully saturated rings. The van der Waals surface area contributed by atoms with Crippen LogP contribution in [0.25, 0.3) is 5.57 Å². The fourth-order valence-corrected chi connectivity index (χ4v) is 1.84. The van der Waals surface area contributed by atoms with Crippen molar-refractivity contribution in [3.8, 4) is 0 Å². The van der Waals surface area contributed by atoms with E-state index in [0.29, 0.717) is 17.0 Å². The molecule has 0 amide bonds. The van der Waals surface area contributed by atoms with Crippen molar-refractivity contribution in [3.63, 3.8) is 0 Å². The fourth-order valence-electron chi connectivity index (χ4n) is 1.84. The first-order valence-corrected chi connectivity index (χ1v) is 5.82. The maximum absolute atomic E-state index is 9.85. The highest BCUT2D eigenvalue weighted by molar-refractivity contribution is 5.75. The number of aromatic nitrogens is 2. The van der Waals surface area contributed by atoms with Crippen LogP contribution in [0.3, 0.4) is 0 Å². The third-order valence-corrected chi connectivity index (χ3v) is 2.75. The number of aromatic amines is 1. The first-order valence-electron chi connectivity index (χ1n) is 5.82. The van der Waals surface area contributed by atoms with Crippen molar-refractivity contribution < 1.29 is 5.11 Å². The lowest BCUT2D eigenvalue weighted by atomic mass is 10.0. The van der Waals surface area contributed by atoms with Gasteiger partial charge in [-0.25, -0.2) is 0 Å². The molecule has 0 saturated heterocycles. The number of rotatable bonds is 3. The van der Waals surface area contributed by atoms with Gasteiger partial charge in [-0.05, 0) is 5.56 Å². The standard InChI is InChI=1S/C12H11N7O/c13-12(18-16-9-6-7-14-15-9)10(11(20)17-19-12)8-4-2-1-3-5-8/h1-7,20H,13H2,(H,14,15)/t12-/m1/s1. The molecule has 100 valence electrons. The minimum absolute atomic E-state index is 0.262. The summed E-state index contributed by atoms with van der Waals surface area (Å²) in [5.41, 5.74) is 7.06. The SMILES string of the molecule is N[C@]1(N=Nc2ccn[nH]2)N=NC(O)=C1c1ccccc1. The van der Waals surface area contributed by atoms with Gasteiger partial charge >= 0.3 is 0 Å². The number of H-pyrrole nitrogens is 1. The second kappa shape index (κ2) is 4.67. The molecule has 1 atom stereocenters. The average molecular weight is 269 g/mol. The summed E-state index contributed by atoms with van der Waals surface area (Å²) in [5, 5.41) is 31.5. The topological polar surface area (TPSA) is 124 Å². The van der Waals surface area contributed by atoms with Crippen molar-refractivity contribution in [3.05, 3.63) is 54.0 Å². The number of nitrogens with two attached hydrogens (primary N) is 1. The molecule has 1 aromatic heterocycles. The first-order chi connectivity index (χ1) is 9.69. The van der Waals surface area contributed by atoms with Crippen LogP contribution in [-0.4, -0.2) is 21.1 Å². The molecule has 0 spiro atoms.